The zero-order valence-corrected chi connectivity index (χ0v) is 14.7. The number of hydrogen-bond acceptors (Lipinski definition) is 8. The Bertz CT molecular complexity index is 823. The number of methoxy groups -OCH3 is 2. The topological polar surface area (TPSA) is 94.8 Å². The summed E-state index contributed by atoms with van der Waals surface area (Å²) in [4.78, 5) is 30.2. The lowest BCUT2D eigenvalue weighted by molar-refractivity contribution is -0.111. The third kappa shape index (κ3) is 3.68. The quantitative estimate of drug-likeness (QED) is 0.580. The van der Waals surface area contributed by atoms with Crippen LogP contribution >= 0.6 is 0 Å². The first kappa shape index (κ1) is 18.2. The van der Waals surface area contributed by atoms with Crippen molar-refractivity contribution in [3.63, 3.8) is 0 Å². The summed E-state index contributed by atoms with van der Waals surface area (Å²) in [6.07, 6.45) is 3.10. The maximum absolute atomic E-state index is 12.4. The minimum atomic E-state index is -0.678. The van der Waals surface area contributed by atoms with Crippen LogP contribution in [0.3, 0.4) is 0 Å². The van der Waals surface area contributed by atoms with Gasteiger partial charge in [0.25, 0.3) is 0 Å². The summed E-state index contributed by atoms with van der Waals surface area (Å²) in [6, 6.07) is 3.36. The number of ketones is 1. The molecule has 0 atom stereocenters. The van der Waals surface area contributed by atoms with E-state index < -0.39 is 5.97 Å². The minimum absolute atomic E-state index is 0.0361. The molecule has 8 nitrogen and oxygen atoms in total. The molecule has 0 bridgehead atoms. The van der Waals surface area contributed by atoms with Crippen molar-refractivity contribution in [3.8, 4) is 17.1 Å². The molecule has 0 fully saturated rings. The van der Waals surface area contributed by atoms with Crippen LogP contribution < -0.4 is 4.74 Å². The van der Waals surface area contributed by atoms with Crippen molar-refractivity contribution in [1.82, 2.24) is 15.0 Å². The molecule has 0 spiro atoms. The van der Waals surface area contributed by atoms with Gasteiger partial charge in [0, 0.05) is 26.5 Å². The van der Waals surface area contributed by atoms with Crippen molar-refractivity contribution in [2.24, 2.45) is 0 Å². The van der Waals surface area contributed by atoms with Gasteiger partial charge >= 0.3 is 5.97 Å². The molecule has 0 unspecified atom stereocenters. The Kier molecular flexibility index (Phi) is 5.53. The highest BCUT2D eigenvalue weighted by Crippen LogP contribution is 2.34. The first-order chi connectivity index (χ1) is 11.9. The number of esters is 1. The second kappa shape index (κ2) is 7.61. The number of carbonyl (C=O) groups excluding carboxylic acids is 2. The molecule has 2 rings (SSSR count). The summed E-state index contributed by atoms with van der Waals surface area (Å²) in [5.41, 5.74) is 0.884. The molecular weight excluding hydrogens is 326 g/mol. The normalized spacial score (nSPS) is 11.2. The number of ether oxygens (including phenoxy) is 2. The van der Waals surface area contributed by atoms with Crippen LogP contribution in [0.4, 0.5) is 0 Å². The number of rotatable bonds is 6. The van der Waals surface area contributed by atoms with E-state index in [-0.39, 0.29) is 34.3 Å². The third-order valence-electron chi connectivity index (χ3n) is 3.31. The summed E-state index contributed by atoms with van der Waals surface area (Å²) < 4.78 is 15.4. The highest BCUT2D eigenvalue weighted by Gasteiger charge is 2.30. The van der Waals surface area contributed by atoms with Crippen molar-refractivity contribution in [3.05, 3.63) is 35.9 Å². The van der Waals surface area contributed by atoms with Crippen molar-refractivity contribution < 1.29 is 23.6 Å². The van der Waals surface area contributed by atoms with Crippen LogP contribution in [0, 0.1) is 0 Å². The fourth-order valence-electron chi connectivity index (χ4n) is 2.25. The number of allylic oxidation sites excluding steroid dienone is 1. The lowest BCUT2D eigenvalue weighted by Crippen LogP contribution is -2.10. The molecule has 8 heteroatoms. The molecule has 0 aliphatic rings. The number of carbonyl (C=O) groups is 2. The summed E-state index contributed by atoms with van der Waals surface area (Å²) in [6.45, 7) is 1.38. The molecule has 0 saturated heterocycles. The maximum atomic E-state index is 12.4. The van der Waals surface area contributed by atoms with E-state index in [2.05, 4.69) is 10.1 Å². The second-order valence-electron chi connectivity index (χ2n) is 5.35. The van der Waals surface area contributed by atoms with Crippen LogP contribution in [0.25, 0.3) is 16.8 Å². The second-order valence-corrected chi connectivity index (χ2v) is 5.35. The first-order valence-electron chi connectivity index (χ1n) is 7.37. The molecule has 0 saturated carbocycles. The van der Waals surface area contributed by atoms with E-state index >= 15 is 0 Å². The van der Waals surface area contributed by atoms with Crippen molar-refractivity contribution in [2.75, 3.05) is 28.3 Å². The molecule has 0 aliphatic heterocycles. The fourth-order valence-corrected chi connectivity index (χ4v) is 2.25. The van der Waals surface area contributed by atoms with E-state index in [1.54, 1.807) is 43.5 Å². The number of nitrogens with zero attached hydrogens (tertiary/aromatic N) is 3. The predicted octanol–water partition coefficient (Wildman–Crippen LogP) is 2.02. The van der Waals surface area contributed by atoms with Crippen LogP contribution in [-0.4, -0.2) is 55.1 Å². The molecule has 0 N–H and O–H groups in total. The molecule has 132 valence electrons. The molecule has 0 radical (unpaired) electrons. The highest BCUT2D eigenvalue weighted by molar-refractivity contribution is 6.21. The summed E-state index contributed by atoms with van der Waals surface area (Å²) in [5.74, 6) is -0.648. The van der Waals surface area contributed by atoms with Gasteiger partial charge in [-0.3, -0.25) is 4.79 Å². The van der Waals surface area contributed by atoms with E-state index in [0.717, 1.165) is 0 Å². The van der Waals surface area contributed by atoms with Gasteiger partial charge < -0.3 is 18.9 Å². The fraction of sp³-hybridized carbons (Fsp3) is 0.294. The van der Waals surface area contributed by atoms with Crippen LogP contribution in [-0.2, 0) is 9.53 Å². The zero-order chi connectivity index (χ0) is 18.6. The van der Waals surface area contributed by atoms with Gasteiger partial charge in [-0.2, -0.15) is 0 Å². The Hall–Kier alpha value is -3.16. The Balaban J connectivity index is 2.75. The molecule has 0 aromatic carbocycles. The van der Waals surface area contributed by atoms with Crippen LogP contribution in [0.2, 0.25) is 0 Å². The smallest absolute Gasteiger partial charge is 0.344 e. The average Bonchev–Trinajstić information content (AvgIpc) is 3.02. The molecular formula is C17H19N3O5. The first-order valence-corrected chi connectivity index (χ1v) is 7.37. The summed E-state index contributed by atoms with van der Waals surface area (Å²) in [7, 11) is 6.20. The zero-order valence-electron chi connectivity index (χ0n) is 14.7. The average molecular weight is 345 g/mol. The predicted molar refractivity (Wildman–Crippen MR) is 90.0 cm³/mol. The number of pyridine rings is 1. The molecule has 2 heterocycles. The van der Waals surface area contributed by atoms with Gasteiger partial charge in [-0.05, 0) is 19.1 Å². The van der Waals surface area contributed by atoms with Gasteiger partial charge in [-0.1, -0.05) is 5.16 Å². The Morgan fingerprint density at radius 1 is 1.28 bits per heavy atom. The Morgan fingerprint density at radius 3 is 2.56 bits per heavy atom. The highest BCUT2D eigenvalue weighted by atomic mass is 16.5. The monoisotopic (exact) mass is 345 g/mol. The summed E-state index contributed by atoms with van der Waals surface area (Å²) in [5, 5.41) is 3.97. The van der Waals surface area contributed by atoms with E-state index in [1.165, 1.54) is 21.1 Å². The van der Waals surface area contributed by atoms with Crippen molar-refractivity contribution in [1.29, 1.82) is 0 Å². The van der Waals surface area contributed by atoms with Gasteiger partial charge in [0.05, 0.1) is 25.4 Å². The van der Waals surface area contributed by atoms with Gasteiger partial charge in [0.1, 0.15) is 11.3 Å². The van der Waals surface area contributed by atoms with Gasteiger partial charge in [0.15, 0.2) is 11.5 Å². The van der Waals surface area contributed by atoms with E-state index in [0.29, 0.717) is 5.56 Å². The van der Waals surface area contributed by atoms with Crippen LogP contribution in [0.1, 0.15) is 23.0 Å². The van der Waals surface area contributed by atoms with Crippen LogP contribution in [0.15, 0.2) is 29.1 Å². The minimum Gasteiger partial charge on any atom is -0.481 e. The lowest BCUT2D eigenvalue weighted by atomic mass is 10.0. The SMILES string of the molecule is COC(=O)c1c(-c2cccnc2OC)noc1/C(=C/N(C)C)C(C)=O. The van der Waals surface area contributed by atoms with E-state index in [9.17, 15) is 9.59 Å². The number of aromatic nitrogens is 2. The molecule has 0 aliphatic carbocycles. The Labute approximate surface area is 145 Å². The van der Waals surface area contributed by atoms with Gasteiger partial charge in [0.2, 0.25) is 5.88 Å². The summed E-state index contributed by atoms with van der Waals surface area (Å²) >= 11 is 0. The molecule has 2 aromatic heterocycles. The van der Waals surface area contributed by atoms with E-state index in [1.807, 2.05) is 0 Å². The van der Waals surface area contributed by atoms with E-state index in [4.69, 9.17) is 14.0 Å². The van der Waals surface area contributed by atoms with Gasteiger partial charge in [-0.25, -0.2) is 9.78 Å². The maximum Gasteiger partial charge on any atom is 0.344 e. The standard InChI is InChI=1S/C17H19N3O5/c1-10(21)12(9-20(2)3)15-13(17(22)24-5)14(19-25-15)11-7-6-8-18-16(11)23-4/h6-9H,1-5H3/b12-9+. The lowest BCUT2D eigenvalue weighted by Gasteiger charge is -2.09. The van der Waals surface area contributed by atoms with Crippen molar-refractivity contribution >= 4 is 17.3 Å². The Morgan fingerprint density at radius 2 is 2.00 bits per heavy atom. The van der Waals surface area contributed by atoms with Crippen LogP contribution in [0.5, 0.6) is 5.88 Å². The largest absolute Gasteiger partial charge is 0.481 e. The van der Waals surface area contributed by atoms with Crippen molar-refractivity contribution in [2.45, 2.75) is 6.92 Å². The number of Topliss-reactive ketones (excluding diaryl/α,β-unsaturated/α-hetero) is 1. The number of hydrogen-bond donors (Lipinski definition) is 0. The molecule has 0 amide bonds. The van der Waals surface area contributed by atoms with Gasteiger partial charge in [-0.15, -0.1) is 0 Å². The molecule has 25 heavy (non-hydrogen) atoms. The third-order valence-corrected chi connectivity index (χ3v) is 3.31. The molecule has 2 aromatic rings.